The Morgan fingerprint density at radius 2 is 2.03 bits per heavy atom. The fourth-order valence-corrected chi connectivity index (χ4v) is 4.56. The number of benzene rings is 1. The number of carbonyl (C=O) groups is 1. The molecule has 1 saturated heterocycles. The Hall–Kier alpha value is -4.23. The van der Waals surface area contributed by atoms with Crippen molar-refractivity contribution in [1.29, 1.82) is 0 Å². The molecular weight excluding hydrogens is 449 g/mol. The maximum absolute atomic E-state index is 14.6. The average Bonchev–Trinajstić information content (AvgIpc) is 3.26. The van der Waals surface area contributed by atoms with Crippen LogP contribution in [0, 0.1) is 18.2 Å². The second-order valence-electron chi connectivity index (χ2n) is 8.66. The van der Waals surface area contributed by atoms with E-state index in [0.29, 0.717) is 28.9 Å². The molecule has 2 atom stereocenters. The topological polar surface area (TPSA) is 96.7 Å². The molecule has 0 bridgehead atoms. The molecule has 0 aliphatic carbocycles. The zero-order chi connectivity index (χ0) is 24.7. The van der Waals surface area contributed by atoms with Crippen LogP contribution in [0.2, 0.25) is 0 Å². The molecule has 1 amide bonds. The van der Waals surface area contributed by atoms with E-state index in [-0.39, 0.29) is 17.3 Å². The largest absolute Gasteiger partial charge is 0.467 e. The normalized spacial score (nSPS) is 18.0. The molecule has 5 rings (SSSR count). The van der Waals surface area contributed by atoms with Gasteiger partial charge < -0.3 is 24.7 Å². The van der Waals surface area contributed by atoms with Crippen LogP contribution in [0.4, 0.5) is 15.8 Å². The molecule has 2 unspecified atom stereocenters. The number of ether oxygens (including phenoxy) is 1. The highest BCUT2D eigenvalue weighted by molar-refractivity contribution is 6.13. The number of piperazine rings is 1. The maximum Gasteiger partial charge on any atom is 0.316 e. The zero-order valence-electron chi connectivity index (χ0n) is 19.5. The van der Waals surface area contributed by atoms with Gasteiger partial charge in [-0.05, 0) is 31.9 Å². The van der Waals surface area contributed by atoms with Crippen LogP contribution in [0.5, 0.6) is 6.01 Å². The maximum atomic E-state index is 14.6. The summed E-state index contributed by atoms with van der Waals surface area (Å²) in [4.78, 5) is 28.4. The summed E-state index contributed by atoms with van der Waals surface area (Å²) >= 11 is 0. The number of nitrogens with one attached hydrogen (secondary N) is 2. The molecule has 4 heterocycles. The van der Waals surface area contributed by atoms with Crippen LogP contribution >= 0.6 is 0 Å². The number of hydrogen-bond donors (Lipinski definition) is 2. The third-order valence-corrected chi connectivity index (χ3v) is 5.94. The van der Waals surface area contributed by atoms with Gasteiger partial charge in [0.05, 0.1) is 23.9 Å². The van der Waals surface area contributed by atoms with Crippen LogP contribution in [0.25, 0.3) is 16.6 Å². The number of pyridine rings is 1. The number of halogens is 1. The van der Waals surface area contributed by atoms with Crippen LogP contribution in [0.1, 0.15) is 29.9 Å². The van der Waals surface area contributed by atoms with Crippen LogP contribution in [0.15, 0.2) is 36.8 Å². The molecule has 1 aliphatic heterocycles. The standard InChI is InChI=1S/C25H24FN7O2/c1-5-16-12-33-13-17(8-20(26)23(33)29-16)30-24(34)18-6-7-21(32-10-14(2)28-15(3)11-32)19-9-27-25(35-4)31-22(18)19/h1,6-9,12-15,28H,10-11H2,2-4H3,(H,30,34). The smallest absolute Gasteiger partial charge is 0.316 e. The van der Waals surface area contributed by atoms with Crippen molar-refractivity contribution in [3.05, 3.63) is 53.9 Å². The van der Waals surface area contributed by atoms with E-state index in [2.05, 4.69) is 50.3 Å². The summed E-state index contributed by atoms with van der Waals surface area (Å²) in [5, 5.41) is 7.01. The first-order valence-corrected chi connectivity index (χ1v) is 11.2. The second-order valence-corrected chi connectivity index (χ2v) is 8.66. The second kappa shape index (κ2) is 8.85. The molecule has 0 radical (unpaired) electrons. The van der Waals surface area contributed by atoms with Crippen molar-refractivity contribution in [3.8, 4) is 18.4 Å². The Morgan fingerprint density at radius 1 is 1.26 bits per heavy atom. The van der Waals surface area contributed by atoms with Crippen molar-refractivity contribution in [3.63, 3.8) is 0 Å². The van der Waals surface area contributed by atoms with Crippen LogP contribution in [0.3, 0.4) is 0 Å². The molecule has 9 nitrogen and oxygen atoms in total. The number of hydrogen-bond acceptors (Lipinski definition) is 7. The lowest BCUT2D eigenvalue weighted by Gasteiger charge is -2.38. The molecule has 1 aliphatic rings. The minimum Gasteiger partial charge on any atom is -0.467 e. The number of amides is 1. The predicted octanol–water partition coefficient (Wildman–Crippen LogP) is 2.85. The molecular formula is C25H24FN7O2. The fourth-order valence-electron chi connectivity index (χ4n) is 4.56. The Labute approximate surface area is 201 Å². The highest BCUT2D eigenvalue weighted by Gasteiger charge is 2.25. The van der Waals surface area contributed by atoms with Gasteiger partial charge in [0.1, 0.15) is 5.69 Å². The molecule has 178 valence electrons. The molecule has 35 heavy (non-hydrogen) atoms. The summed E-state index contributed by atoms with van der Waals surface area (Å²) in [5.74, 6) is 1.33. The summed E-state index contributed by atoms with van der Waals surface area (Å²) < 4.78 is 21.2. The van der Waals surface area contributed by atoms with E-state index in [9.17, 15) is 9.18 Å². The first-order chi connectivity index (χ1) is 16.9. The Balaban J connectivity index is 1.54. The first-order valence-electron chi connectivity index (χ1n) is 11.2. The molecule has 4 aromatic rings. The van der Waals surface area contributed by atoms with Crippen molar-refractivity contribution >= 4 is 33.8 Å². The minimum absolute atomic E-state index is 0.0858. The molecule has 0 spiro atoms. The predicted molar refractivity (Wildman–Crippen MR) is 131 cm³/mol. The number of aromatic nitrogens is 4. The van der Waals surface area contributed by atoms with Gasteiger partial charge >= 0.3 is 6.01 Å². The van der Waals surface area contributed by atoms with E-state index >= 15 is 0 Å². The number of terminal acetylenes is 1. The van der Waals surface area contributed by atoms with Gasteiger partial charge in [0, 0.05) is 60.9 Å². The van der Waals surface area contributed by atoms with Gasteiger partial charge in [-0.15, -0.1) is 6.42 Å². The van der Waals surface area contributed by atoms with Crippen molar-refractivity contribution in [2.75, 3.05) is 30.4 Å². The van der Waals surface area contributed by atoms with E-state index in [0.717, 1.165) is 24.2 Å². The number of carbonyl (C=O) groups excluding carboxylic acids is 1. The van der Waals surface area contributed by atoms with Crippen molar-refractivity contribution < 1.29 is 13.9 Å². The number of fused-ring (bicyclic) bond motifs is 2. The van der Waals surface area contributed by atoms with Gasteiger partial charge in [0.15, 0.2) is 11.5 Å². The van der Waals surface area contributed by atoms with Crippen LogP contribution in [-0.2, 0) is 0 Å². The minimum atomic E-state index is -0.601. The lowest BCUT2D eigenvalue weighted by atomic mass is 10.0. The van der Waals surface area contributed by atoms with Crippen LogP contribution < -0.4 is 20.3 Å². The molecule has 0 saturated carbocycles. The summed E-state index contributed by atoms with van der Waals surface area (Å²) in [6.07, 6.45) is 10.1. The summed E-state index contributed by atoms with van der Waals surface area (Å²) in [5.41, 5.74) is 2.34. The Kier molecular flexibility index (Phi) is 5.70. The summed E-state index contributed by atoms with van der Waals surface area (Å²) in [6, 6.07) is 5.59. The first kappa shape index (κ1) is 22.6. The van der Waals surface area contributed by atoms with Gasteiger partial charge in [-0.2, -0.15) is 4.98 Å². The highest BCUT2D eigenvalue weighted by Crippen LogP contribution is 2.31. The van der Waals surface area contributed by atoms with E-state index in [1.807, 2.05) is 6.07 Å². The molecule has 2 N–H and O–H groups in total. The van der Waals surface area contributed by atoms with E-state index in [1.54, 1.807) is 18.5 Å². The third kappa shape index (κ3) is 4.22. The SMILES string of the molecule is C#Cc1cn2cc(NC(=O)c3ccc(N4CC(C)NC(C)C4)c4cnc(OC)nc34)cc(F)c2n1. The summed E-state index contributed by atoms with van der Waals surface area (Å²) in [6.45, 7) is 5.88. The zero-order valence-corrected chi connectivity index (χ0v) is 19.5. The number of nitrogens with zero attached hydrogens (tertiary/aromatic N) is 5. The van der Waals surface area contributed by atoms with Gasteiger partial charge in [0.25, 0.3) is 5.91 Å². The number of imidazole rings is 1. The average molecular weight is 474 g/mol. The summed E-state index contributed by atoms with van der Waals surface area (Å²) in [7, 11) is 1.47. The molecule has 1 aromatic carbocycles. The third-order valence-electron chi connectivity index (χ3n) is 5.94. The molecule has 3 aromatic heterocycles. The van der Waals surface area contributed by atoms with E-state index in [4.69, 9.17) is 11.2 Å². The molecule has 10 heteroatoms. The Morgan fingerprint density at radius 3 is 2.74 bits per heavy atom. The van der Waals surface area contributed by atoms with Crippen LogP contribution in [-0.4, -0.2) is 57.5 Å². The van der Waals surface area contributed by atoms with E-state index < -0.39 is 11.7 Å². The van der Waals surface area contributed by atoms with Gasteiger partial charge in [-0.25, -0.2) is 14.4 Å². The van der Waals surface area contributed by atoms with Gasteiger partial charge in [-0.3, -0.25) is 4.79 Å². The lowest BCUT2D eigenvalue weighted by Crippen LogP contribution is -2.54. The quantitative estimate of drug-likeness (QED) is 0.440. The van der Waals surface area contributed by atoms with Gasteiger partial charge in [-0.1, -0.05) is 0 Å². The monoisotopic (exact) mass is 473 g/mol. The number of rotatable bonds is 4. The fraction of sp³-hybridized carbons (Fsp3) is 0.280. The van der Waals surface area contributed by atoms with Crippen molar-refractivity contribution in [2.45, 2.75) is 25.9 Å². The Bertz CT molecular complexity index is 1480. The van der Waals surface area contributed by atoms with Crippen molar-refractivity contribution in [2.24, 2.45) is 0 Å². The number of methoxy groups -OCH3 is 1. The number of anilines is 2. The lowest BCUT2D eigenvalue weighted by molar-refractivity contribution is 0.102. The van der Waals surface area contributed by atoms with Gasteiger partial charge in [0.2, 0.25) is 0 Å². The van der Waals surface area contributed by atoms with E-state index in [1.165, 1.54) is 23.8 Å². The molecule has 1 fully saturated rings. The van der Waals surface area contributed by atoms with Crippen molar-refractivity contribution in [1.82, 2.24) is 24.7 Å². The highest BCUT2D eigenvalue weighted by atomic mass is 19.1.